The molecule has 0 aliphatic heterocycles. The molecule has 0 radical (unpaired) electrons. The summed E-state index contributed by atoms with van der Waals surface area (Å²) in [6, 6.07) is 32.0. The molecule has 4 aromatic carbocycles. The Hall–Kier alpha value is -4.42. The van der Waals surface area contributed by atoms with Crippen LogP contribution >= 0.6 is 0 Å². The van der Waals surface area contributed by atoms with Crippen molar-refractivity contribution in [2.75, 3.05) is 0 Å². The fourth-order valence-corrected chi connectivity index (χ4v) is 4.12. The van der Waals surface area contributed by atoms with E-state index >= 15 is 0 Å². The van der Waals surface area contributed by atoms with Gasteiger partial charge in [-0.15, -0.1) is 0 Å². The molecule has 3 N–H and O–H groups in total. The Bertz CT molecular complexity index is 1250. The number of carbonyl (C=O) groups is 2. The molecule has 2 amide bonds. The van der Waals surface area contributed by atoms with Crippen LogP contribution in [0.2, 0.25) is 0 Å². The van der Waals surface area contributed by atoms with Gasteiger partial charge in [-0.05, 0) is 22.8 Å². The Morgan fingerprint density at radius 1 is 0.743 bits per heavy atom. The highest BCUT2D eigenvalue weighted by Crippen LogP contribution is 2.35. The zero-order chi connectivity index (χ0) is 24.8. The van der Waals surface area contributed by atoms with Gasteiger partial charge in [-0.2, -0.15) is 0 Å². The lowest BCUT2D eigenvalue weighted by atomic mass is 9.85. The van der Waals surface area contributed by atoms with Gasteiger partial charge in [0.25, 0.3) is 5.91 Å². The summed E-state index contributed by atoms with van der Waals surface area (Å²) in [5, 5.41) is 23.6. The van der Waals surface area contributed by atoms with Crippen molar-refractivity contribution in [1.82, 2.24) is 10.4 Å². The van der Waals surface area contributed by atoms with Crippen molar-refractivity contribution in [2.24, 2.45) is 0 Å². The number of phenolic OH excluding ortho intramolecular Hbond substituents is 1. The Labute approximate surface area is 204 Å². The average molecular weight is 467 g/mol. The highest BCUT2D eigenvalue weighted by Gasteiger charge is 2.42. The molecule has 6 heteroatoms. The topological polar surface area (TPSA) is 89.9 Å². The second-order valence-corrected chi connectivity index (χ2v) is 8.14. The minimum Gasteiger partial charge on any atom is -0.508 e. The minimum absolute atomic E-state index is 0.0248. The number of carbonyl (C=O) groups excluding carboxylic acids is 2. The standard InChI is InChI=1S/C29H26N2O4/c1-21(32)31(27(22-13-5-2-6-14-22)25-19-11-12-20-26(25)33)30-28(34)29(35,23-15-7-3-8-16-23)24-17-9-4-10-18-24/h2-20,27,33,35H,1H3,(H,30,34). The molecule has 0 bridgehead atoms. The number of aliphatic hydroxyl groups is 1. The Balaban J connectivity index is 1.81. The predicted molar refractivity (Wildman–Crippen MR) is 133 cm³/mol. The summed E-state index contributed by atoms with van der Waals surface area (Å²) in [7, 11) is 0. The van der Waals surface area contributed by atoms with E-state index in [9.17, 15) is 19.8 Å². The number of benzene rings is 4. The van der Waals surface area contributed by atoms with Crippen LogP contribution in [0.1, 0.15) is 35.2 Å². The molecule has 1 unspecified atom stereocenters. The van der Waals surface area contributed by atoms with Gasteiger partial charge in [0.05, 0.1) is 0 Å². The number of nitrogens with one attached hydrogen (secondary N) is 1. The van der Waals surface area contributed by atoms with Crippen LogP contribution in [-0.4, -0.2) is 27.0 Å². The third kappa shape index (κ3) is 4.78. The molecule has 176 valence electrons. The lowest BCUT2D eigenvalue weighted by Gasteiger charge is -2.36. The van der Waals surface area contributed by atoms with Gasteiger partial charge in [-0.3, -0.25) is 15.0 Å². The molecule has 0 saturated carbocycles. The van der Waals surface area contributed by atoms with Crippen LogP contribution in [0.3, 0.4) is 0 Å². The van der Waals surface area contributed by atoms with Crippen molar-refractivity contribution in [3.8, 4) is 5.75 Å². The van der Waals surface area contributed by atoms with Gasteiger partial charge in [-0.25, -0.2) is 5.01 Å². The molecule has 0 fully saturated rings. The first-order chi connectivity index (χ1) is 16.9. The zero-order valence-electron chi connectivity index (χ0n) is 19.2. The maximum absolute atomic E-state index is 13.8. The highest BCUT2D eigenvalue weighted by molar-refractivity contribution is 5.91. The quantitative estimate of drug-likeness (QED) is 0.370. The van der Waals surface area contributed by atoms with E-state index in [1.54, 1.807) is 91.0 Å². The van der Waals surface area contributed by atoms with E-state index in [-0.39, 0.29) is 5.75 Å². The van der Waals surface area contributed by atoms with Gasteiger partial charge in [0.1, 0.15) is 11.8 Å². The summed E-state index contributed by atoms with van der Waals surface area (Å²) in [5.74, 6) is -1.30. The number of phenols is 1. The van der Waals surface area contributed by atoms with Crippen LogP contribution in [0.15, 0.2) is 115 Å². The Kier molecular flexibility index (Phi) is 6.94. The lowest BCUT2D eigenvalue weighted by Crippen LogP contribution is -2.55. The molecule has 4 aromatic rings. The van der Waals surface area contributed by atoms with Gasteiger partial charge in [0.2, 0.25) is 5.91 Å². The predicted octanol–water partition coefficient (Wildman–Crippen LogP) is 4.30. The van der Waals surface area contributed by atoms with Crippen LogP contribution < -0.4 is 5.43 Å². The van der Waals surface area contributed by atoms with Gasteiger partial charge in [0, 0.05) is 12.5 Å². The van der Waals surface area contributed by atoms with Crippen LogP contribution in [-0.2, 0) is 15.2 Å². The number of nitrogens with zero attached hydrogens (tertiary/aromatic N) is 1. The number of aromatic hydroxyl groups is 1. The molecule has 0 aromatic heterocycles. The number of amides is 2. The van der Waals surface area contributed by atoms with Crippen molar-refractivity contribution in [1.29, 1.82) is 0 Å². The van der Waals surface area contributed by atoms with E-state index in [4.69, 9.17) is 0 Å². The third-order valence-electron chi connectivity index (χ3n) is 5.88. The van der Waals surface area contributed by atoms with Gasteiger partial charge in [-0.1, -0.05) is 109 Å². The average Bonchev–Trinajstić information content (AvgIpc) is 2.90. The van der Waals surface area contributed by atoms with Crippen molar-refractivity contribution >= 4 is 11.8 Å². The van der Waals surface area contributed by atoms with Crippen molar-refractivity contribution in [3.05, 3.63) is 138 Å². The van der Waals surface area contributed by atoms with Crippen LogP contribution in [0.5, 0.6) is 5.75 Å². The molecule has 4 rings (SSSR count). The first kappa shape index (κ1) is 23.7. The maximum Gasteiger partial charge on any atom is 0.279 e. The van der Waals surface area contributed by atoms with Gasteiger partial charge < -0.3 is 10.2 Å². The summed E-state index contributed by atoms with van der Waals surface area (Å²) >= 11 is 0. The van der Waals surface area contributed by atoms with Crippen molar-refractivity contribution in [2.45, 2.75) is 18.6 Å². The van der Waals surface area contributed by atoms with Crippen LogP contribution in [0.4, 0.5) is 0 Å². The molecule has 0 spiro atoms. The molecular formula is C29H26N2O4. The highest BCUT2D eigenvalue weighted by atomic mass is 16.3. The molecule has 0 aliphatic carbocycles. The molecule has 35 heavy (non-hydrogen) atoms. The van der Waals surface area contributed by atoms with Crippen LogP contribution in [0.25, 0.3) is 0 Å². The molecule has 0 heterocycles. The molecule has 1 atom stereocenters. The fraction of sp³-hybridized carbons (Fsp3) is 0.103. The molecule has 0 saturated heterocycles. The monoisotopic (exact) mass is 466 g/mol. The summed E-state index contributed by atoms with van der Waals surface area (Å²) < 4.78 is 0. The van der Waals surface area contributed by atoms with Crippen molar-refractivity contribution in [3.63, 3.8) is 0 Å². The van der Waals surface area contributed by atoms with Crippen molar-refractivity contribution < 1.29 is 19.8 Å². The van der Waals surface area contributed by atoms with E-state index in [0.29, 0.717) is 22.3 Å². The summed E-state index contributed by atoms with van der Waals surface area (Å²) in [6.45, 7) is 1.32. The van der Waals surface area contributed by atoms with E-state index in [0.717, 1.165) is 5.01 Å². The first-order valence-electron chi connectivity index (χ1n) is 11.2. The van der Waals surface area contributed by atoms with E-state index in [2.05, 4.69) is 5.43 Å². The molecular weight excluding hydrogens is 440 g/mol. The SMILES string of the molecule is CC(=O)N(NC(=O)C(O)(c1ccccc1)c1ccccc1)C(c1ccccc1)c1ccccc1O. The number of hydrogen-bond donors (Lipinski definition) is 3. The van der Waals surface area contributed by atoms with E-state index in [1.165, 1.54) is 13.0 Å². The maximum atomic E-state index is 13.8. The molecule has 0 aliphatic rings. The fourth-order valence-electron chi connectivity index (χ4n) is 4.12. The number of hydrogen-bond acceptors (Lipinski definition) is 4. The van der Waals surface area contributed by atoms with E-state index in [1.807, 2.05) is 18.2 Å². The number of para-hydroxylation sites is 1. The summed E-state index contributed by atoms with van der Waals surface area (Å²) in [4.78, 5) is 26.7. The lowest BCUT2D eigenvalue weighted by molar-refractivity contribution is -0.150. The third-order valence-corrected chi connectivity index (χ3v) is 5.88. The second kappa shape index (κ2) is 10.2. The Morgan fingerprint density at radius 3 is 1.69 bits per heavy atom. The smallest absolute Gasteiger partial charge is 0.279 e. The largest absolute Gasteiger partial charge is 0.508 e. The first-order valence-corrected chi connectivity index (χ1v) is 11.2. The van der Waals surface area contributed by atoms with E-state index < -0.39 is 23.5 Å². The Morgan fingerprint density at radius 2 is 1.20 bits per heavy atom. The minimum atomic E-state index is -2.07. The number of rotatable bonds is 6. The molecule has 6 nitrogen and oxygen atoms in total. The van der Waals surface area contributed by atoms with Gasteiger partial charge in [0.15, 0.2) is 5.60 Å². The number of hydrazine groups is 1. The normalized spacial score (nSPS) is 11.9. The van der Waals surface area contributed by atoms with Gasteiger partial charge >= 0.3 is 0 Å². The zero-order valence-corrected chi connectivity index (χ0v) is 19.2. The van der Waals surface area contributed by atoms with Crippen LogP contribution in [0, 0.1) is 0 Å². The summed E-state index contributed by atoms with van der Waals surface area (Å²) in [5.41, 5.74) is 2.40. The summed E-state index contributed by atoms with van der Waals surface area (Å²) in [6.07, 6.45) is 0. The second-order valence-electron chi connectivity index (χ2n) is 8.14.